The Balaban J connectivity index is 1.96. The minimum Gasteiger partial charge on any atom is -0.350 e. The SMILES string of the molecule is Cc1ccc(C)c(S(=O)(=O)N(CC(=O)NCc2cccs2)c2ccccc2C)c1. The third-order valence-electron chi connectivity index (χ3n) is 4.62. The predicted octanol–water partition coefficient (Wildman–Crippen LogP) is 4.19. The summed E-state index contributed by atoms with van der Waals surface area (Å²) < 4.78 is 28.4. The lowest BCUT2D eigenvalue weighted by Gasteiger charge is -2.26. The fourth-order valence-corrected chi connectivity index (χ4v) is 5.47. The number of hydrogen-bond donors (Lipinski definition) is 1. The van der Waals surface area contributed by atoms with Gasteiger partial charge in [0.1, 0.15) is 6.54 Å². The standard InChI is InChI=1S/C22H24N2O3S2/c1-16-10-11-18(3)21(13-16)29(26,27)24(20-9-5-4-7-17(20)2)15-22(25)23-14-19-8-6-12-28-19/h4-13H,14-15H2,1-3H3,(H,23,25). The molecule has 0 saturated carbocycles. The molecule has 1 amide bonds. The summed E-state index contributed by atoms with van der Waals surface area (Å²) in [5.74, 6) is -0.351. The van der Waals surface area contributed by atoms with Crippen molar-refractivity contribution in [1.82, 2.24) is 5.32 Å². The van der Waals surface area contributed by atoms with E-state index in [9.17, 15) is 13.2 Å². The van der Waals surface area contributed by atoms with E-state index in [0.717, 1.165) is 16.0 Å². The summed E-state index contributed by atoms with van der Waals surface area (Å²) in [6, 6.07) is 16.3. The number of nitrogens with zero attached hydrogens (tertiary/aromatic N) is 1. The number of rotatable bonds is 7. The van der Waals surface area contributed by atoms with E-state index in [1.807, 2.05) is 49.6 Å². The third kappa shape index (κ3) is 4.86. The molecule has 0 aliphatic rings. The van der Waals surface area contributed by atoms with Crippen molar-refractivity contribution in [1.29, 1.82) is 0 Å². The summed E-state index contributed by atoms with van der Waals surface area (Å²) in [6.45, 7) is 5.54. The van der Waals surface area contributed by atoms with Crippen molar-refractivity contribution in [3.05, 3.63) is 81.5 Å². The van der Waals surface area contributed by atoms with Gasteiger partial charge >= 0.3 is 0 Å². The normalized spacial score (nSPS) is 11.3. The predicted molar refractivity (Wildman–Crippen MR) is 118 cm³/mol. The van der Waals surface area contributed by atoms with Gasteiger partial charge in [0.15, 0.2) is 0 Å². The number of sulfonamides is 1. The molecular weight excluding hydrogens is 404 g/mol. The van der Waals surface area contributed by atoms with Crippen LogP contribution in [0.1, 0.15) is 21.6 Å². The second-order valence-electron chi connectivity index (χ2n) is 6.92. The fraction of sp³-hybridized carbons (Fsp3) is 0.227. The molecule has 3 aromatic rings. The van der Waals surface area contributed by atoms with E-state index in [0.29, 0.717) is 17.8 Å². The molecule has 0 aliphatic carbocycles. The summed E-state index contributed by atoms with van der Waals surface area (Å²) in [5, 5.41) is 4.76. The molecule has 2 aromatic carbocycles. The van der Waals surface area contributed by atoms with Crippen LogP contribution in [0.4, 0.5) is 5.69 Å². The molecule has 29 heavy (non-hydrogen) atoms. The first-order chi connectivity index (χ1) is 13.8. The average Bonchev–Trinajstić information content (AvgIpc) is 3.20. The topological polar surface area (TPSA) is 66.5 Å². The van der Waals surface area contributed by atoms with Gasteiger partial charge < -0.3 is 5.32 Å². The van der Waals surface area contributed by atoms with Gasteiger partial charge in [-0.25, -0.2) is 8.42 Å². The van der Waals surface area contributed by atoms with Crippen molar-refractivity contribution in [2.24, 2.45) is 0 Å². The van der Waals surface area contributed by atoms with Gasteiger partial charge in [-0.05, 0) is 61.0 Å². The second kappa shape index (κ2) is 8.80. The molecule has 3 rings (SSSR count). The quantitative estimate of drug-likeness (QED) is 0.614. The van der Waals surface area contributed by atoms with Gasteiger partial charge in [-0.1, -0.05) is 36.4 Å². The smallest absolute Gasteiger partial charge is 0.265 e. The van der Waals surface area contributed by atoms with Crippen LogP contribution in [-0.4, -0.2) is 20.9 Å². The van der Waals surface area contributed by atoms with Crippen LogP contribution in [0.2, 0.25) is 0 Å². The summed E-state index contributed by atoms with van der Waals surface area (Å²) in [6.07, 6.45) is 0. The fourth-order valence-electron chi connectivity index (χ4n) is 3.03. The molecule has 1 aromatic heterocycles. The Morgan fingerprint density at radius 3 is 2.45 bits per heavy atom. The molecule has 7 heteroatoms. The molecule has 0 radical (unpaired) electrons. The van der Waals surface area contributed by atoms with E-state index in [1.165, 1.54) is 4.31 Å². The van der Waals surface area contributed by atoms with Gasteiger partial charge in [-0.2, -0.15) is 0 Å². The maximum Gasteiger partial charge on any atom is 0.265 e. The third-order valence-corrected chi connectivity index (χ3v) is 7.40. The van der Waals surface area contributed by atoms with Crippen LogP contribution in [0.15, 0.2) is 64.9 Å². The Hall–Kier alpha value is -2.64. The highest BCUT2D eigenvalue weighted by atomic mass is 32.2. The summed E-state index contributed by atoms with van der Waals surface area (Å²) in [4.78, 5) is 13.9. The van der Waals surface area contributed by atoms with E-state index in [1.54, 1.807) is 42.5 Å². The van der Waals surface area contributed by atoms with Gasteiger partial charge in [0.2, 0.25) is 5.91 Å². The average molecular weight is 429 g/mol. The molecule has 1 heterocycles. The van der Waals surface area contributed by atoms with E-state index in [4.69, 9.17) is 0 Å². The molecule has 0 atom stereocenters. The Kier molecular flexibility index (Phi) is 6.39. The summed E-state index contributed by atoms with van der Waals surface area (Å²) in [5.41, 5.74) is 2.78. The molecule has 0 unspecified atom stereocenters. The molecule has 0 spiro atoms. The van der Waals surface area contributed by atoms with E-state index in [2.05, 4.69) is 5.32 Å². The molecule has 0 fully saturated rings. The minimum absolute atomic E-state index is 0.215. The highest BCUT2D eigenvalue weighted by molar-refractivity contribution is 7.93. The van der Waals surface area contributed by atoms with Crippen molar-refractivity contribution in [3.8, 4) is 0 Å². The van der Waals surface area contributed by atoms with Crippen LogP contribution in [-0.2, 0) is 21.4 Å². The number of amides is 1. The van der Waals surface area contributed by atoms with Gasteiger partial charge in [0, 0.05) is 4.88 Å². The Morgan fingerprint density at radius 2 is 1.76 bits per heavy atom. The first-order valence-corrected chi connectivity index (χ1v) is 11.6. The number of carbonyl (C=O) groups is 1. The maximum atomic E-state index is 13.6. The lowest BCUT2D eigenvalue weighted by molar-refractivity contribution is -0.119. The Bertz CT molecular complexity index is 1110. The van der Waals surface area contributed by atoms with Crippen LogP contribution in [0, 0.1) is 20.8 Å². The number of benzene rings is 2. The lowest BCUT2D eigenvalue weighted by Crippen LogP contribution is -2.41. The van der Waals surface area contributed by atoms with Crippen molar-refractivity contribution in [2.45, 2.75) is 32.2 Å². The second-order valence-corrected chi connectivity index (χ2v) is 9.79. The highest BCUT2D eigenvalue weighted by Gasteiger charge is 2.29. The van der Waals surface area contributed by atoms with Crippen LogP contribution in [0.5, 0.6) is 0 Å². The van der Waals surface area contributed by atoms with Crippen molar-refractivity contribution in [3.63, 3.8) is 0 Å². The van der Waals surface area contributed by atoms with Gasteiger partial charge in [-0.15, -0.1) is 11.3 Å². The van der Waals surface area contributed by atoms with Crippen molar-refractivity contribution >= 4 is 33.0 Å². The molecular formula is C22H24N2O3S2. The number of para-hydroxylation sites is 1. The first kappa shape index (κ1) is 21.1. The summed E-state index contributed by atoms with van der Waals surface area (Å²) >= 11 is 1.54. The first-order valence-electron chi connectivity index (χ1n) is 9.24. The Morgan fingerprint density at radius 1 is 1.00 bits per heavy atom. The largest absolute Gasteiger partial charge is 0.350 e. The number of carbonyl (C=O) groups excluding carboxylic acids is 1. The van der Waals surface area contributed by atoms with Crippen LogP contribution >= 0.6 is 11.3 Å². The zero-order valence-electron chi connectivity index (χ0n) is 16.7. The number of anilines is 1. The maximum absolute atomic E-state index is 13.6. The molecule has 0 bridgehead atoms. The molecule has 5 nitrogen and oxygen atoms in total. The molecule has 0 saturated heterocycles. The zero-order chi connectivity index (χ0) is 21.0. The number of thiophene rings is 1. The van der Waals surface area contributed by atoms with Crippen molar-refractivity contribution in [2.75, 3.05) is 10.8 Å². The van der Waals surface area contributed by atoms with Crippen LogP contribution < -0.4 is 9.62 Å². The van der Waals surface area contributed by atoms with Gasteiger partial charge in [-0.3, -0.25) is 9.10 Å². The van der Waals surface area contributed by atoms with Crippen molar-refractivity contribution < 1.29 is 13.2 Å². The zero-order valence-corrected chi connectivity index (χ0v) is 18.3. The summed E-state index contributed by atoms with van der Waals surface area (Å²) in [7, 11) is -3.92. The van der Waals surface area contributed by atoms with Crippen LogP contribution in [0.25, 0.3) is 0 Å². The van der Waals surface area contributed by atoms with E-state index >= 15 is 0 Å². The van der Waals surface area contributed by atoms with E-state index in [-0.39, 0.29) is 17.3 Å². The van der Waals surface area contributed by atoms with Crippen LogP contribution in [0.3, 0.4) is 0 Å². The number of hydrogen-bond acceptors (Lipinski definition) is 4. The molecule has 152 valence electrons. The van der Waals surface area contributed by atoms with Gasteiger partial charge in [0.25, 0.3) is 10.0 Å². The minimum atomic E-state index is -3.92. The number of aryl methyl sites for hydroxylation is 3. The molecule has 1 N–H and O–H groups in total. The van der Waals surface area contributed by atoms with E-state index < -0.39 is 10.0 Å². The Labute approximate surface area is 176 Å². The molecule has 0 aliphatic heterocycles. The number of nitrogens with one attached hydrogen (secondary N) is 1. The lowest BCUT2D eigenvalue weighted by atomic mass is 10.2. The monoisotopic (exact) mass is 428 g/mol. The highest BCUT2D eigenvalue weighted by Crippen LogP contribution is 2.28. The van der Waals surface area contributed by atoms with Gasteiger partial charge in [0.05, 0.1) is 17.1 Å².